The fourth-order valence-corrected chi connectivity index (χ4v) is 4.36. The minimum absolute atomic E-state index is 0.156. The van der Waals surface area contributed by atoms with Gasteiger partial charge in [0.15, 0.2) is 6.79 Å². The van der Waals surface area contributed by atoms with Crippen molar-refractivity contribution >= 4 is 24.5 Å². The highest BCUT2D eigenvalue weighted by atomic mass is 32.2. The molecule has 7 nitrogen and oxygen atoms in total. The highest BCUT2D eigenvalue weighted by molar-refractivity contribution is 7.91. The second-order valence-corrected chi connectivity index (χ2v) is 11.9. The van der Waals surface area contributed by atoms with Crippen LogP contribution in [0.1, 0.15) is 86.5 Å². The first-order valence-corrected chi connectivity index (χ1v) is 13.5. The Morgan fingerprint density at radius 2 is 1.53 bits per heavy atom. The fraction of sp³-hybridized carbons (Fsp3) is 0.696. The molecule has 0 aromatic carbocycles. The average molecular weight is 493 g/mol. The van der Waals surface area contributed by atoms with E-state index in [0.29, 0.717) is 12.8 Å². The summed E-state index contributed by atoms with van der Waals surface area (Å²) in [7, 11) is -6.77. The van der Waals surface area contributed by atoms with Gasteiger partial charge in [0, 0.05) is 6.42 Å². The van der Waals surface area contributed by atoms with E-state index in [4.69, 9.17) is 9.47 Å². The van der Waals surface area contributed by atoms with Gasteiger partial charge in [-0.3, -0.25) is 9.35 Å². The van der Waals surface area contributed by atoms with Crippen molar-refractivity contribution in [3.05, 3.63) is 34.9 Å². The normalized spacial score (nSPS) is 15.2. The molecule has 0 saturated heterocycles. The lowest BCUT2D eigenvalue weighted by molar-refractivity contribution is -0.163. The van der Waals surface area contributed by atoms with Crippen LogP contribution in [0.2, 0.25) is 0 Å². The summed E-state index contributed by atoms with van der Waals surface area (Å²) in [5.41, 5.74) is 3.87. The zero-order chi connectivity index (χ0) is 24.8. The molecule has 0 aliphatic heterocycles. The van der Waals surface area contributed by atoms with Crippen LogP contribution in [-0.4, -0.2) is 30.4 Å². The molecule has 2 unspecified atom stereocenters. The van der Waals surface area contributed by atoms with Gasteiger partial charge in [0.05, 0.1) is 5.92 Å². The summed E-state index contributed by atoms with van der Waals surface area (Å²) in [6.45, 7) is 10.9. The Morgan fingerprint density at radius 1 is 1.00 bits per heavy atom. The van der Waals surface area contributed by atoms with Gasteiger partial charge in [0.1, 0.15) is 8.46 Å². The Bertz CT molecular complexity index is 793. The quantitative estimate of drug-likeness (QED) is 0.0698. The number of carbonyl (C=O) groups excluding carboxylic acids is 1. The molecule has 1 N–H and O–H groups in total. The lowest BCUT2D eigenvalue weighted by atomic mass is 10.1. The molecular formula is C23H41O7PS. The lowest BCUT2D eigenvalue weighted by Gasteiger charge is -2.25. The maximum atomic E-state index is 11.8. The second-order valence-electron chi connectivity index (χ2n) is 8.64. The third kappa shape index (κ3) is 12.7. The molecular weight excluding hydrogens is 451 g/mol. The topological polar surface area (TPSA) is 107 Å². The molecule has 0 aliphatic rings. The highest BCUT2D eigenvalue weighted by Gasteiger charge is 2.43. The van der Waals surface area contributed by atoms with Crippen molar-refractivity contribution in [1.29, 1.82) is 0 Å². The van der Waals surface area contributed by atoms with Crippen LogP contribution in [0.3, 0.4) is 0 Å². The van der Waals surface area contributed by atoms with Crippen molar-refractivity contribution < 1.29 is 31.8 Å². The summed E-state index contributed by atoms with van der Waals surface area (Å²) in [4.78, 5) is 11.5. The number of carbonyl (C=O) groups is 1. The minimum Gasteiger partial charge on any atom is -0.438 e. The van der Waals surface area contributed by atoms with Crippen LogP contribution in [0.15, 0.2) is 34.9 Å². The third-order valence-corrected chi connectivity index (χ3v) is 8.13. The van der Waals surface area contributed by atoms with Crippen molar-refractivity contribution in [2.24, 2.45) is 5.92 Å². The summed E-state index contributed by atoms with van der Waals surface area (Å²) < 4.78 is 52.6. The Kier molecular flexibility index (Phi) is 15.0. The predicted octanol–water partition coefficient (Wildman–Crippen LogP) is 6.05. The van der Waals surface area contributed by atoms with Crippen LogP contribution in [0.5, 0.6) is 0 Å². The van der Waals surface area contributed by atoms with Gasteiger partial charge in [0.25, 0.3) is 0 Å². The summed E-state index contributed by atoms with van der Waals surface area (Å²) >= 11 is 0. The average Bonchev–Trinajstić information content (AvgIpc) is 2.68. The summed E-state index contributed by atoms with van der Waals surface area (Å²) in [6.07, 6.45) is 11.2. The smallest absolute Gasteiger partial charge is 0.310 e. The predicted molar refractivity (Wildman–Crippen MR) is 131 cm³/mol. The first-order valence-electron chi connectivity index (χ1n) is 11.0. The fourth-order valence-electron chi connectivity index (χ4n) is 2.82. The molecule has 0 bridgehead atoms. The van der Waals surface area contributed by atoms with Gasteiger partial charge in [0.2, 0.25) is 4.67 Å². The number of rotatable bonds is 16. The molecule has 186 valence electrons. The van der Waals surface area contributed by atoms with Crippen LogP contribution in [0, 0.1) is 5.92 Å². The number of esters is 1. The van der Waals surface area contributed by atoms with E-state index in [-0.39, 0.29) is 6.42 Å². The van der Waals surface area contributed by atoms with Gasteiger partial charge in [-0.05, 0) is 66.2 Å². The molecule has 0 fully saturated rings. The van der Waals surface area contributed by atoms with E-state index in [1.807, 2.05) is 13.0 Å². The lowest BCUT2D eigenvalue weighted by Crippen LogP contribution is -2.37. The SMILES string of the molecule is CC(C)=CCCC(C)=CCCC(C)=CCCCC(OCOC(=O)C(C)C)([PH2]=O)S(=O)(=O)O. The van der Waals surface area contributed by atoms with E-state index < -0.39 is 41.9 Å². The molecule has 2 atom stereocenters. The summed E-state index contributed by atoms with van der Waals surface area (Å²) in [5.74, 6) is -0.989. The molecule has 0 spiro atoms. The maximum absolute atomic E-state index is 11.8. The number of ether oxygens (including phenoxy) is 2. The van der Waals surface area contributed by atoms with Crippen molar-refractivity contribution in [3.63, 3.8) is 0 Å². The van der Waals surface area contributed by atoms with E-state index >= 15 is 0 Å². The van der Waals surface area contributed by atoms with Crippen LogP contribution in [0.4, 0.5) is 0 Å². The summed E-state index contributed by atoms with van der Waals surface area (Å²) in [5, 5.41) is 0. The minimum atomic E-state index is -4.75. The molecule has 32 heavy (non-hydrogen) atoms. The highest BCUT2D eigenvalue weighted by Crippen LogP contribution is 2.36. The molecule has 0 aromatic rings. The first kappa shape index (κ1) is 30.8. The Labute approximate surface area is 195 Å². The molecule has 0 amide bonds. The molecule has 9 heteroatoms. The zero-order valence-electron chi connectivity index (χ0n) is 20.3. The van der Waals surface area contributed by atoms with E-state index in [9.17, 15) is 22.3 Å². The third-order valence-electron chi connectivity index (χ3n) is 4.94. The van der Waals surface area contributed by atoms with Gasteiger partial charge in [-0.1, -0.05) is 48.8 Å². The first-order chi connectivity index (χ1) is 14.8. The van der Waals surface area contributed by atoms with Crippen molar-refractivity contribution in [2.45, 2.75) is 91.2 Å². The monoisotopic (exact) mass is 492 g/mol. The maximum Gasteiger partial charge on any atom is 0.310 e. The Balaban J connectivity index is 4.67. The van der Waals surface area contributed by atoms with Gasteiger partial charge < -0.3 is 14.0 Å². The molecule has 0 heterocycles. The van der Waals surface area contributed by atoms with Crippen LogP contribution < -0.4 is 0 Å². The number of unbranched alkanes of at least 4 members (excludes halogenated alkanes) is 1. The Hall–Kier alpha value is -1.21. The molecule has 0 saturated carbocycles. The molecule has 0 aliphatic carbocycles. The van der Waals surface area contributed by atoms with Crippen LogP contribution >= 0.6 is 8.46 Å². The largest absolute Gasteiger partial charge is 0.438 e. The van der Waals surface area contributed by atoms with Crippen LogP contribution in [-0.2, 0) is 29.0 Å². The standard InChI is InChI=1S/C23H41O7PS/c1-18(2)11-9-13-21(6)15-10-14-20(5)12-7-8-16-23(31-25,32(26,27)28)30-17-29-22(24)19(3)4/h11-12,15,19H,7-10,13-14,16-17,31H2,1-6H3,(H,26,27,28). The van der Waals surface area contributed by atoms with Crippen molar-refractivity contribution in [2.75, 3.05) is 6.79 Å². The second kappa shape index (κ2) is 15.6. The molecule has 0 aromatic heterocycles. The van der Waals surface area contributed by atoms with Gasteiger partial charge in [-0.25, -0.2) is 0 Å². The zero-order valence-corrected chi connectivity index (χ0v) is 22.3. The van der Waals surface area contributed by atoms with E-state index in [2.05, 4.69) is 32.9 Å². The van der Waals surface area contributed by atoms with Crippen molar-refractivity contribution in [1.82, 2.24) is 0 Å². The number of hydrogen-bond donors (Lipinski definition) is 1. The molecule has 0 rings (SSSR count). The Morgan fingerprint density at radius 3 is 2.00 bits per heavy atom. The van der Waals surface area contributed by atoms with Gasteiger partial charge >= 0.3 is 16.1 Å². The van der Waals surface area contributed by atoms with Gasteiger partial charge in [-0.15, -0.1) is 0 Å². The number of allylic oxidation sites excluding steroid dienone is 6. The van der Waals surface area contributed by atoms with Crippen molar-refractivity contribution in [3.8, 4) is 0 Å². The summed E-state index contributed by atoms with van der Waals surface area (Å²) in [6, 6.07) is 0. The van der Waals surface area contributed by atoms with E-state index in [1.54, 1.807) is 13.8 Å². The number of hydrogen-bond acceptors (Lipinski definition) is 6. The van der Waals surface area contributed by atoms with E-state index in [0.717, 1.165) is 25.7 Å². The molecule has 0 radical (unpaired) electrons. The van der Waals surface area contributed by atoms with E-state index in [1.165, 1.54) is 16.7 Å². The van der Waals surface area contributed by atoms with Gasteiger partial charge in [-0.2, -0.15) is 8.42 Å². The van der Waals surface area contributed by atoms with Crippen LogP contribution in [0.25, 0.3) is 0 Å².